The maximum absolute atomic E-state index is 14.0. The van der Waals surface area contributed by atoms with Crippen molar-refractivity contribution >= 4 is 34.4 Å². The number of rotatable bonds is 5. The molecule has 9 nitrogen and oxygen atoms in total. The van der Waals surface area contributed by atoms with Gasteiger partial charge in [0.15, 0.2) is 11.2 Å². The Kier molecular flexibility index (Phi) is 5.97. The Bertz CT molecular complexity index is 1390. The highest BCUT2D eigenvalue weighted by molar-refractivity contribution is 6.30. The summed E-state index contributed by atoms with van der Waals surface area (Å²) in [6.07, 6.45) is 1.35. The molecule has 0 unspecified atom stereocenters. The van der Waals surface area contributed by atoms with Crippen LogP contribution in [0, 0.1) is 5.82 Å². The van der Waals surface area contributed by atoms with Crippen molar-refractivity contribution in [1.29, 1.82) is 0 Å². The zero-order valence-corrected chi connectivity index (χ0v) is 18.9. The van der Waals surface area contributed by atoms with Crippen molar-refractivity contribution in [3.8, 4) is 0 Å². The molecule has 1 aliphatic heterocycles. The highest BCUT2D eigenvalue weighted by Gasteiger charge is 2.23. The van der Waals surface area contributed by atoms with Crippen molar-refractivity contribution in [2.75, 3.05) is 31.1 Å². The molecule has 5 rings (SSSR count). The summed E-state index contributed by atoms with van der Waals surface area (Å²) in [7, 11) is 0. The van der Waals surface area contributed by atoms with E-state index in [0.717, 1.165) is 5.56 Å². The van der Waals surface area contributed by atoms with E-state index in [1.807, 2.05) is 17.0 Å². The minimum absolute atomic E-state index is 0.105. The quantitative estimate of drug-likeness (QED) is 0.434. The summed E-state index contributed by atoms with van der Waals surface area (Å²) in [6, 6.07) is 13.9. The number of halogens is 2. The van der Waals surface area contributed by atoms with E-state index in [1.165, 1.54) is 21.6 Å². The van der Waals surface area contributed by atoms with Crippen LogP contribution in [0.4, 0.5) is 10.1 Å². The van der Waals surface area contributed by atoms with Crippen LogP contribution in [0.1, 0.15) is 5.56 Å². The predicted octanol–water partition coefficient (Wildman–Crippen LogP) is 2.18. The Labute approximate surface area is 199 Å². The van der Waals surface area contributed by atoms with Crippen molar-refractivity contribution in [2.45, 2.75) is 13.1 Å². The number of hydrogen-bond donors (Lipinski definition) is 0. The van der Waals surface area contributed by atoms with Crippen LogP contribution in [0.3, 0.4) is 0 Å². The van der Waals surface area contributed by atoms with Gasteiger partial charge >= 0.3 is 0 Å². The molecule has 0 radical (unpaired) electrons. The number of nitrogens with zero attached hydrogens (tertiary/aromatic N) is 7. The van der Waals surface area contributed by atoms with E-state index in [0.29, 0.717) is 49.1 Å². The van der Waals surface area contributed by atoms with Crippen LogP contribution in [-0.4, -0.2) is 61.5 Å². The van der Waals surface area contributed by atoms with Gasteiger partial charge in [0.05, 0.1) is 12.2 Å². The molecule has 4 aromatic rings. The van der Waals surface area contributed by atoms with Crippen molar-refractivity contribution in [2.24, 2.45) is 0 Å². The molecule has 11 heteroatoms. The summed E-state index contributed by atoms with van der Waals surface area (Å²) < 4.78 is 16.8. The second-order valence-corrected chi connectivity index (χ2v) is 8.48. The molecule has 0 saturated carbocycles. The van der Waals surface area contributed by atoms with Gasteiger partial charge in [-0.3, -0.25) is 14.2 Å². The maximum Gasteiger partial charge on any atom is 0.283 e. The van der Waals surface area contributed by atoms with E-state index in [1.54, 1.807) is 35.2 Å². The Balaban J connectivity index is 1.26. The van der Waals surface area contributed by atoms with E-state index in [4.69, 9.17) is 11.6 Å². The summed E-state index contributed by atoms with van der Waals surface area (Å²) in [5.74, 6) is -0.484. The molecule has 1 fully saturated rings. The molecule has 174 valence electrons. The Morgan fingerprint density at radius 3 is 2.50 bits per heavy atom. The Morgan fingerprint density at radius 2 is 1.76 bits per heavy atom. The van der Waals surface area contributed by atoms with Crippen molar-refractivity contribution in [1.82, 2.24) is 29.4 Å². The average Bonchev–Trinajstić information content (AvgIpc) is 3.26. The van der Waals surface area contributed by atoms with Crippen LogP contribution in [0.2, 0.25) is 5.02 Å². The lowest BCUT2D eigenvalue weighted by molar-refractivity contribution is -0.132. The first-order valence-corrected chi connectivity index (χ1v) is 11.2. The van der Waals surface area contributed by atoms with Gasteiger partial charge in [0.1, 0.15) is 18.7 Å². The van der Waals surface area contributed by atoms with Gasteiger partial charge in [0, 0.05) is 31.2 Å². The molecule has 2 aromatic carbocycles. The zero-order chi connectivity index (χ0) is 23.7. The standard InChI is InChI=1S/C23H21ClFN7O2/c24-17-7-5-16(6-8-17)13-32-22-21(27-28-32)23(34)31(15-26-22)14-20(33)30-11-9-29(10-12-30)19-4-2-1-3-18(19)25/h1-8,15H,9-14H2. The zero-order valence-electron chi connectivity index (χ0n) is 18.1. The number of carbonyl (C=O) groups excluding carboxylic acids is 1. The largest absolute Gasteiger partial charge is 0.366 e. The SMILES string of the molecule is O=C(Cn1cnc2c(nnn2Cc2ccc(Cl)cc2)c1=O)N1CCN(c2ccccc2F)CC1. The molecule has 0 spiro atoms. The lowest BCUT2D eigenvalue weighted by Gasteiger charge is -2.36. The topological polar surface area (TPSA) is 89.1 Å². The third-order valence-corrected chi connectivity index (χ3v) is 6.12. The molecule has 0 bridgehead atoms. The van der Waals surface area contributed by atoms with Gasteiger partial charge in [-0.15, -0.1) is 5.10 Å². The van der Waals surface area contributed by atoms with Gasteiger partial charge in [0.25, 0.3) is 5.56 Å². The number of amides is 1. The summed E-state index contributed by atoms with van der Waals surface area (Å²) in [6.45, 7) is 2.14. The molecule has 2 aromatic heterocycles. The molecule has 1 amide bonds. The Morgan fingerprint density at radius 1 is 1.03 bits per heavy atom. The molecule has 34 heavy (non-hydrogen) atoms. The van der Waals surface area contributed by atoms with E-state index < -0.39 is 5.56 Å². The van der Waals surface area contributed by atoms with E-state index in [2.05, 4.69) is 15.3 Å². The average molecular weight is 482 g/mol. The molecule has 3 heterocycles. The molecular formula is C23H21ClFN7O2. The van der Waals surface area contributed by atoms with Gasteiger partial charge < -0.3 is 9.80 Å². The smallest absolute Gasteiger partial charge is 0.283 e. The molecule has 0 N–H and O–H groups in total. The van der Waals surface area contributed by atoms with Gasteiger partial charge in [0.2, 0.25) is 5.91 Å². The van der Waals surface area contributed by atoms with Crippen LogP contribution in [0.25, 0.3) is 11.2 Å². The van der Waals surface area contributed by atoms with Gasteiger partial charge in [-0.2, -0.15) is 0 Å². The van der Waals surface area contributed by atoms with Crippen LogP contribution in [0.15, 0.2) is 59.7 Å². The number of fused-ring (bicyclic) bond motifs is 1. The molecule has 0 atom stereocenters. The van der Waals surface area contributed by atoms with Gasteiger partial charge in [-0.05, 0) is 29.8 Å². The van der Waals surface area contributed by atoms with E-state index in [9.17, 15) is 14.0 Å². The number of carbonyl (C=O) groups is 1. The fraction of sp³-hybridized carbons (Fsp3) is 0.261. The molecule has 0 aliphatic carbocycles. The number of anilines is 1. The number of aromatic nitrogens is 5. The summed E-state index contributed by atoms with van der Waals surface area (Å²) in [5.41, 5.74) is 1.50. The lowest BCUT2D eigenvalue weighted by Crippen LogP contribution is -2.50. The summed E-state index contributed by atoms with van der Waals surface area (Å²) in [5, 5.41) is 8.67. The normalized spacial score (nSPS) is 14.1. The van der Waals surface area contributed by atoms with E-state index >= 15 is 0 Å². The first kappa shape index (κ1) is 22.0. The summed E-state index contributed by atoms with van der Waals surface area (Å²) >= 11 is 5.93. The number of piperazine rings is 1. The fourth-order valence-electron chi connectivity index (χ4n) is 4.02. The minimum atomic E-state index is -0.425. The second-order valence-electron chi connectivity index (χ2n) is 8.04. The van der Waals surface area contributed by atoms with Crippen molar-refractivity contribution < 1.29 is 9.18 Å². The minimum Gasteiger partial charge on any atom is -0.366 e. The van der Waals surface area contributed by atoms with Gasteiger partial charge in [-0.25, -0.2) is 14.1 Å². The highest BCUT2D eigenvalue weighted by atomic mass is 35.5. The lowest BCUT2D eigenvalue weighted by atomic mass is 10.2. The monoisotopic (exact) mass is 481 g/mol. The second kappa shape index (κ2) is 9.22. The van der Waals surface area contributed by atoms with Crippen LogP contribution in [0.5, 0.6) is 0 Å². The molecule has 1 saturated heterocycles. The van der Waals surface area contributed by atoms with Crippen LogP contribution >= 0.6 is 11.6 Å². The van der Waals surface area contributed by atoms with Crippen LogP contribution < -0.4 is 10.5 Å². The van der Waals surface area contributed by atoms with Crippen LogP contribution in [-0.2, 0) is 17.9 Å². The molecular weight excluding hydrogens is 461 g/mol. The van der Waals surface area contributed by atoms with Crippen molar-refractivity contribution in [3.05, 3.63) is 81.6 Å². The predicted molar refractivity (Wildman–Crippen MR) is 125 cm³/mol. The summed E-state index contributed by atoms with van der Waals surface area (Å²) in [4.78, 5) is 33.7. The third kappa shape index (κ3) is 4.36. The number of hydrogen-bond acceptors (Lipinski definition) is 6. The first-order chi connectivity index (χ1) is 16.5. The number of para-hydroxylation sites is 1. The van der Waals surface area contributed by atoms with E-state index in [-0.39, 0.29) is 23.8 Å². The van der Waals surface area contributed by atoms with Gasteiger partial charge in [-0.1, -0.05) is 41.1 Å². The Hall–Kier alpha value is -3.79. The fourth-order valence-corrected chi connectivity index (χ4v) is 4.15. The highest BCUT2D eigenvalue weighted by Crippen LogP contribution is 2.20. The number of benzene rings is 2. The first-order valence-electron chi connectivity index (χ1n) is 10.8. The molecule has 1 aliphatic rings. The third-order valence-electron chi connectivity index (χ3n) is 5.87. The van der Waals surface area contributed by atoms with Crippen molar-refractivity contribution in [3.63, 3.8) is 0 Å². The maximum atomic E-state index is 14.0.